The van der Waals surface area contributed by atoms with Gasteiger partial charge in [0.2, 0.25) is 0 Å². The topological polar surface area (TPSA) is 9.23 Å². The summed E-state index contributed by atoms with van der Waals surface area (Å²) in [6.45, 7) is 6.21. The first kappa shape index (κ1) is 17.5. The van der Waals surface area contributed by atoms with Gasteiger partial charge in [-0.2, -0.15) is 0 Å². The smallest absolute Gasteiger partial charge is 0.132 e. The van der Waals surface area contributed by atoms with Gasteiger partial charge in [-0.25, -0.2) is 0 Å². The van der Waals surface area contributed by atoms with Gasteiger partial charge in [-0.05, 0) is 67.9 Å². The maximum atomic E-state index is 5.79. The Kier molecular flexibility index (Phi) is 5.68. The monoisotopic (exact) mass is 346 g/mol. The number of hydrogen-bond acceptors (Lipinski definition) is 1. The molecule has 0 saturated carbocycles. The molecule has 25 heavy (non-hydrogen) atoms. The standard InChI is InChI=1S/C23H23OP/c1-4-15-24-23-18(2)16-22(17-19(23)3)25(20-11-7-5-8-12-20)21-13-9-6-10-14-21/h4-17H,1-3H3. The van der Waals surface area contributed by atoms with Crippen LogP contribution >= 0.6 is 7.92 Å². The fraction of sp³-hybridized carbons (Fsp3) is 0.130. The van der Waals surface area contributed by atoms with E-state index in [2.05, 4.69) is 86.6 Å². The van der Waals surface area contributed by atoms with E-state index in [1.807, 2.05) is 13.0 Å². The largest absolute Gasteiger partial charge is 0.465 e. The highest BCUT2D eigenvalue weighted by molar-refractivity contribution is 7.79. The van der Waals surface area contributed by atoms with E-state index < -0.39 is 7.92 Å². The van der Waals surface area contributed by atoms with Gasteiger partial charge >= 0.3 is 0 Å². The molecule has 0 amide bonds. The molecule has 0 fully saturated rings. The van der Waals surface area contributed by atoms with Gasteiger partial charge in [-0.15, -0.1) is 0 Å². The van der Waals surface area contributed by atoms with Crippen molar-refractivity contribution in [3.63, 3.8) is 0 Å². The lowest BCUT2D eigenvalue weighted by Gasteiger charge is -2.21. The second-order valence-corrected chi connectivity index (χ2v) is 8.22. The maximum Gasteiger partial charge on any atom is 0.132 e. The highest BCUT2D eigenvalue weighted by Gasteiger charge is 2.18. The molecule has 0 saturated heterocycles. The van der Waals surface area contributed by atoms with Gasteiger partial charge in [0.15, 0.2) is 0 Å². The number of aryl methyl sites for hydroxylation is 2. The Morgan fingerprint density at radius 2 is 1.20 bits per heavy atom. The maximum absolute atomic E-state index is 5.79. The molecule has 0 aliphatic rings. The zero-order chi connectivity index (χ0) is 17.6. The Morgan fingerprint density at radius 3 is 1.64 bits per heavy atom. The van der Waals surface area contributed by atoms with Gasteiger partial charge in [0.05, 0.1) is 6.26 Å². The molecular weight excluding hydrogens is 323 g/mol. The third-order valence-corrected chi connectivity index (χ3v) is 6.46. The summed E-state index contributed by atoms with van der Waals surface area (Å²) in [5.74, 6) is 0.956. The van der Waals surface area contributed by atoms with Gasteiger partial charge < -0.3 is 4.74 Å². The number of hydrogen-bond donors (Lipinski definition) is 0. The van der Waals surface area contributed by atoms with Crippen LogP contribution in [0.3, 0.4) is 0 Å². The zero-order valence-corrected chi connectivity index (χ0v) is 15.8. The molecular formula is C23H23OP. The minimum atomic E-state index is -0.577. The van der Waals surface area contributed by atoms with Crippen molar-refractivity contribution in [2.75, 3.05) is 0 Å². The Balaban J connectivity index is 2.11. The van der Waals surface area contributed by atoms with Crippen LogP contribution in [-0.4, -0.2) is 0 Å². The minimum Gasteiger partial charge on any atom is -0.465 e. The van der Waals surface area contributed by atoms with Crippen molar-refractivity contribution < 1.29 is 4.74 Å². The third kappa shape index (κ3) is 4.00. The SMILES string of the molecule is CC=COc1c(C)cc(P(c2ccccc2)c2ccccc2)cc1C. The van der Waals surface area contributed by atoms with Crippen LogP contribution in [0.4, 0.5) is 0 Å². The fourth-order valence-electron chi connectivity index (χ4n) is 2.98. The number of rotatable bonds is 5. The number of allylic oxidation sites excluding steroid dienone is 1. The summed E-state index contributed by atoms with van der Waals surface area (Å²) < 4.78 is 5.79. The highest BCUT2D eigenvalue weighted by atomic mass is 31.1. The van der Waals surface area contributed by atoms with Crippen LogP contribution in [0.2, 0.25) is 0 Å². The number of ether oxygens (including phenoxy) is 1. The fourth-order valence-corrected chi connectivity index (χ4v) is 5.46. The second kappa shape index (κ2) is 8.14. The van der Waals surface area contributed by atoms with Crippen molar-refractivity contribution in [1.82, 2.24) is 0 Å². The van der Waals surface area contributed by atoms with Crippen molar-refractivity contribution in [2.24, 2.45) is 0 Å². The van der Waals surface area contributed by atoms with Crippen LogP contribution in [0.15, 0.2) is 85.1 Å². The predicted octanol–water partition coefficient (Wildman–Crippen LogP) is 4.97. The van der Waals surface area contributed by atoms with Crippen molar-refractivity contribution in [2.45, 2.75) is 20.8 Å². The lowest BCUT2D eigenvalue weighted by atomic mass is 10.1. The van der Waals surface area contributed by atoms with Gasteiger partial charge in [-0.1, -0.05) is 66.7 Å². The average molecular weight is 346 g/mol. The van der Waals surface area contributed by atoms with Gasteiger partial charge in [0, 0.05) is 0 Å². The van der Waals surface area contributed by atoms with Gasteiger partial charge in [-0.3, -0.25) is 0 Å². The predicted molar refractivity (Wildman–Crippen MR) is 110 cm³/mol. The van der Waals surface area contributed by atoms with Crippen LogP contribution in [0.25, 0.3) is 0 Å². The van der Waals surface area contributed by atoms with E-state index in [4.69, 9.17) is 4.74 Å². The summed E-state index contributed by atoms with van der Waals surface area (Å²) in [5.41, 5.74) is 2.35. The van der Waals surface area contributed by atoms with Crippen LogP contribution in [0, 0.1) is 13.8 Å². The Hall–Kier alpha value is -2.37. The first-order chi connectivity index (χ1) is 12.2. The van der Waals surface area contributed by atoms with Crippen LogP contribution < -0.4 is 20.7 Å². The first-order valence-corrected chi connectivity index (χ1v) is 9.84. The zero-order valence-electron chi connectivity index (χ0n) is 14.9. The molecule has 126 valence electrons. The molecule has 0 bridgehead atoms. The van der Waals surface area contributed by atoms with Crippen molar-refractivity contribution in [3.8, 4) is 5.75 Å². The molecule has 0 aliphatic heterocycles. The van der Waals surface area contributed by atoms with Crippen LogP contribution in [-0.2, 0) is 0 Å². The lowest BCUT2D eigenvalue weighted by Crippen LogP contribution is -2.21. The van der Waals surface area contributed by atoms with Crippen LogP contribution in [0.5, 0.6) is 5.75 Å². The molecule has 0 radical (unpaired) electrons. The molecule has 3 aromatic carbocycles. The molecule has 2 heteroatoms. The van der Waals surface area contributed by atoms with Crippen molar-refractivity contribution in [1.29, 1.82) is 0 Å². The van der Waals surface area contributed by atoms with Crippen LogP contribution in [0.1, 0.15) is 18.1 Å². The molecule has 0 N–H and O–H groups in total. The van der Waals surface area contributed by atoms with E-state index in [-0.39, 0.29) is 0 Å². The number of benzene rings is 3. The average Bonchev–Trinajstić information content (AvgIpc) is 2.63. The molecule has 0 heterocycles. The molecule has 0 unspecified atom stereocenters. The van der Waals surface area contributed by atoms with Gasteiger partial charge in [0.25, 0.3) is 0 Å². The molecule has 0 aliphatic carbocycles. The summed E-state index contributed by atoms with van der Waals surface area (Å²) in [7, 11) is -0.577. The molecule has 3 aromatic rings. The summed E-state index contributed by atoms with van der Waals surface area (Å²) in [5, 5.41) is 4.09. The summed E-state index contributed by atoms with van der Waals surface area (Å²) in [6, 6.07) is 26.1. The molecule has 1 nitrogen and oxygen atoms in total. The Labute approximate surface area is 151 Å². The van der Waals surface area contributed by atoms with E-state index in [9.17, 15) is 0 Å². The second-order valence-electron chi connectivity index (χ2n) is 6.00. The highest BCUT2D eigenvalue weighted by Crippen LogP contribution is 2.35. The molecule has 0 spiro atoms. The van der Waals surface area contributed by atoms with E-state index in [1.165, 1.54) is 27.0 Å². The lowest BCUT2D eigenvalue weighted by molar-refractivity contribution is 0.473. The van der Waals surface area contributed by atoms with Gasteiger partial charge in [0.1, 0.15) is 5.75 Å². The molecule has 0 atom stereocenters. The molecule has 0 aromatic heterocycles. The quantitative estimate of drug-likeness (QED) is 0.468. The van der Waals surface area contributed by atoms with E-state index in [0.717, 1.165) is 5.75 Å². The van der Waals surface area contributed by atoms with E-state index in [1.54, 1.807) is 6.26 Å². The summed E-state index contributed by atoms with van der Waals surface area (Å²) >= 11 is 0. The normalized spacial score (nSPS) is 11.2. The third-order valence-electron chi connectivity index (χ3n) is 4.05. The minimum absolute atomic E-state index is 0.577. The van der Waals surface area contributed by atoms with E-state index in [0.29, 0.717) is 0 Å². The Bertz CT molecular complexity index is 791. The first-order valence-electron chi connectivity index (χ1n) is 8.50. The van der Waals surface area contributed by atoms with Crippen molar-refractivity contribution in [3.05, 3.63) is 96.3 Å². The summed E-state index contributed by atoms with van der Waals surface area (Å²) in [4.78, 5) is 0. The summed E-state index contributed by atoms with van der Waals surface area (Å²) in [6.07, 6.45) is 3.65. The Morgan fingerprint density at radius 1 is 0.720 bits per heavy atom. The molecule has 3 rings (SSSR count). The van der Waals surface area contributed by atoms with Crippen molar-refractivity contribution >= 4 is 23.8 Å². The van der Waals surface area contributed by atoms with E-state index >= 15 is 0 Å².